The highest BCUT2D eigenvalue weighted by Crippen LogP contribution is 2.28. The van der Waals surface area contributed by atoms with E-state index in [-0.39, 0.29) is 5.91 Å². The molecule has 0 spiro atoms. The first-order valence-electron chi connectivity index (χ1n) is 4.89. The first-order chi connectivity index (χ1) is 7.95. The zero-order valence-electron chi connectivity index (χ0n) is 9.74. The van der Waals surface area contributed by atoms with Crippen LogP contribution in [0.3, 0.4) is 0 Å². The number of hydroxylamine groups is 2. The molecule has 1 rings (SSSR count). The molecule has 0 saturated carbocycles. The molecule has 94 valence electrons. The molecule has 0 heterocycles. The number of ether oxygens (including phenoxy) is 1. The summed E-state index contributed by atoms with van der Waals surface area (Å²) >= 11 is 9.12. The van der Waals surface area contributed by atoms with Crippen LogP contribution in [0.1, 0.15) is 6.92 Å². The molecule has 1 unspecified atom stereocenters. The van der Waals surface area contributed by atoms with Crippen LogP contribution in [0.4, 0.5) is 0 Å². The van der Waals surface area contributed by atoms with E-state index >= 15 is 0 Å². The normalized spacial score (nSPS) is 12.1. The zero-order chi connectivity index (χ0) is 13.0. The van der Waals surface area contributed by atoms with Gasteiger partial charge in [0.2, 0.25) is 0 Å². The number of carbonyl (C=O) groups excluding carboxylic acids is 1. The van der Waals surface area contributed by atoms with Crippen molar-refractivity contribution in [2.75, 3.05) is 14.2 Å². The van der Waals surface area contributed by atoms with E-state index < -0.39 is 6.10 Å². The molecule has 0 radical (unpaired) electrons. The predicted octanol–water partition coefficient (Wildman–Crippen LogP) is 2.89. The summed E-state index contributed by atoms with van der Waals surface area (Å²) in [4.78, 5) is 16.5. The maximum absolute atomic E-state index is 11.7. The van der Waals surface area contributed by atoms with E-state index in [1.807, 2.05) is 0 Å². The molecule has 1 atom stereocenters. The van der Waals surface area contributed by atoms with Gasteiger partial charge in [-0.25, -0.2) is 5.06 Å². The van der Waals surface area contributed by atoms with Crippen molar-refractivity contribution in [3.63, 3.8) is 0 Å². The topological polar surface area (TPSA) is 38.8 Å². The third kappa shape index (κ3) is 3.87. The molecular formula is C11H13BrClNO3. The molecule has 0 aromatic heterocycles. The van der Waals surface area contributed by atoms with Crippen molar-refractivity contribution in [2.24, 2.45) is 0 Å². The minimum Gasteiger partial charge on any atom is -0.480 e. The lowest BCUT2D eigenvalue weighted by molar-refractivity contribution is -0.175. The van der Waals surface area contributed by atoms with E-state index in [0.29, 0.717) is 15.2 Å². The second-order valence-electron chi connectivity index (χ2n) is 3.35. The Morgan fingerprint density at radius 1 is 1.53 bits per heavy atom. The molecule has 0 fully saturated rings. The van der Waals surface area contributed by atoms with Gasteiger partial charge in [-0.15, -0.1) is 0 Å². The van der Waals surface area contributed by atoms with Crippen LogP contribution in [0.2, 0.25) is 5.02 Å². The van der Waals surface area contributed by atoms with Crippen LogP contribution in [-0.4, -0.2) is 31.2 Å². The summed E-state index contributed by atoms with van der Waals surface area (Å²) in [7, 11) is 2.95. The number of carbonyl (C=O) groups is 1. The zero-order valence-corrected chi connectivity index (χ0v) is 12.1. The summed E-state index contributed by atoms with van der Waals surface area (Å²) in [6.45, 7) is 1.65. The third-order valence-corrected chi connectivity index (χ3v) is 2.98. The van der Waals surface area contributed by atoms with Gasteiger partial charge in [-0.1, -0.05) is 11.6 Å². The fraction of sp³-hybridized carbons (Fsp3) is 0.364. The maximum atomic E-state index is 11.7. The summed E-state index contributed by atoms with van der Waals surface area (Å²) in [6.07, 6.45) is -0.641. The number of halogens is 2. The predicted molar refractivity (Wildman–Crippen MR) is 69.0 cm³/mol. The van der Waals surface area contributed by atoms with Gasteiger partial charge in [0.05, 0.1) is 11.6 Å². The first kappa shape index (κ1) is 14.3. The average Bonchev–Trinajstić information content (AvgIpc) is 2.30. The van der Waals surface area contributed by atoms with Crippen molar-refractivity contribution in [2.45, 2.75) is 13.0 Å². The Balaban J connectivity index is 2.74. The van der Waals surface area contributed by atoms with Crippen LogP contribution in [0.5, 0.6) is 5.75 Å². The molecule has 1 aromatic rings. The van der Waals surface area contributed by atoms with Gasteiger partial charge in [0, 0.05) is 12.1 Å². The van der Waals surface area contributed by atoms with E-state index in [1.165, 1.54) is 14.2 Å². The second kappa shape index (κ2) is 6.23. The van der Waals surface area contributed by atoms with Gasteiger partial charge in [0.1, 0.15) is 5.75 Å². The van der Waals surface area contributed by atoms with Crippen LogP contribution < -0.4 is 4.74 Å². The van der Waals surface area contributed by atoms with Gasteiger partial charge in [-0.2, -0.15) is 0 Å². The summed E-state index contributed by atoms with van der Waals surface area (Å²) in [5.41, 5.74) is 0. The lowest BCUT2D eigenvalue weighted by atomic mass is 10.3. The van der Waals surface area contributed by atoms with Gasteiger partial charge in [0.25, 0.3) is 5.91 Å². The fourth-order valence-electron chi connectivity index (χ4n) is 1.16. The number of rotatable bonds is 4. The van der Waals surface area contributed by atoms with Crippen LogP contribution in [0.15, 0.2) is 22.7 Å². The van der Waals surface area contributed by atoms with E-state index in [1.54, 1.807) is 25.1 Å². The fourth-order valence-corrected chi connectivity index (χ4v) is 1.93. The highest BCUT2D eigenvalue weighted by atomic mass is 79.9. The minimum absolute atomic E-state index is 0.269. The van der Waals surface area contributed by atoms with Gasteiger partial charge < -0.3 is 4.74 Å². The Hall–Kier alpha value is -0.780. The number of likely N-dealkylation sites (N-methyl/N-ethyl adjacent to an activating group) is 1. The van der Waals surface area contributed by atoms with Crippen molar-refractivity contribution >= 4 is 33.4 Å². The first-order valence-corrected chi connectivity index (χ1v) is 6.06. The standard InChI is InChI=1S/C11H13BrClNO3/c1-7(11(15)14(2)16-3)17-10-5-4-8(13)6-9(10)12/h4-7H,1-3H3. The van der Waals surface area contributed by atoms with Crippen LogP contribution in [0, 0.1) is 0 Å². The molecule has 0 aliphatic carbocycles. The second-order valence-corrected chi connectivity index (χ2v) is 4.64. The van der Waals surface area contributed by atoms with E-state index in [4.69, 9.17) is 21.2 Å². The van der Waals surface area contributed by atoms with E-state index in [9.17, 15) is 4.79 Å². The van der Waals surface area contributed by atoms with Gasteiger partial charge in [-0.05, 0) is 41.1 Å². The lowest BCUT2D eigenvalue weighted by Gasteiger charge is -2.20. The number of amides is 1. The molecule has 17 heavy (non-hydrogen) atoms. The largest absolute Gasteiger partial charge is 0.480 e. The highest BCUT2D eigenvalue weighted by molar-refractivity contribution is 9.10. The SMILES string of the molecule is CON(C)C(=O)C(C)Oc1ccc(Cl)cc1Br. The minimum atomic E-state index is -0.641. The van der Waals surface area contributed by atoms with Crippen LogP contribution in [0.25, 0.3) is 0 Å². The molecule has 4 nitrogen and oxygen atoms in total. The molecule has 0 aliphatic rings. The number of nitrogens with zero attached hydrogens (tertiary/aromatic N) is 1. The Morgan fingerprint density at radius 2 is 2.18 bits per heavy atom. The van der Waals surface area contributed by atoms with Crippen molar-refractivity contribution in [1.82, 2.24) is 5.06 Å². The van der Waals surface area contributed by atoms with Crippen LogP contribution >= 0.6 is 27.5 Å². The summed E-state index contributed by atoms with van der Waals surface area (Å²) in [5.74, 6) is 0.286. The molecular weight excluding hydrogens is 309 g/mol. The quantitative estimate of drug-likeness (QED) is 0.800. The number of benzene rings is 1. The smallest absolute Gasteiger partial charge is 0.286 e. The Kier molecular flexibility index (Phi) is 5.24. The lowest BCUT2D eigenvalue weighted by Crippen LogP contribution is -2.37. The number of hydrogen-bond acceptors (Lipinski definition) is 3. The molecule has 1 amide bonds. The van der Waals surface area contributed by atoms with Crippen molar-refractivity contribution in [3.8, 4) is 5.75 Å². The molecule has 0 saturated heterocycles. The summed E-state index contributed by atoms with van der Waals surface area (Å²) < 4.78 is 6.21. The van der Waals surface area contributed by atoms with Gasteiger partial charge in [-0.3, -0.25) is 9.63 Å². The average molecular weight is 323 g/mol. The molecule has 0 bridgehead atoms. The summed E-state index contributed by atoms with van der Waals surface area (Å²) in [5, 5.41) is 1.71. The Bertz CT molecular complexity index is 414. The number of hydrogen-bond donors (Lipinski definition) is 0. The molecule has 0 aliphatic heterocycles. The van der Waals surface area contributed by atoms with Gasteiger partial charge in [0.15, 0.2) is 6.10 Å². The highest BCUT2D eigenvalue weighted by Gasteiger charge is 2.20. The third-order valence-electron chi connectivity index (χ3n) is 2.13. The van der Waals surface area contributed by atoms with Crippen molar-refractivity contribution < 1.29 is 14.4 Å². The molecule has 6 heteroatoms. The Labute approximate surface area is 114 Å². The molecule has 1 aromatic carbocycles. The molecule has 0 N–H and O–H groups in total. The summed E-state index contributed by atoms with van der Waals surface area (Å²) in [6, 6.07) is 5.09. The maximum Gasteiger partial charge on any atom is 0.286 e. The van der Waals surface area contributed by atoms with Crippen molar-refractivity contribution in [3.05, 3.63) is 27.7 Å². The van der Waals surface area contributed by atoms with Gasteiger partial charge >= 0.3 is 0 Å². The van der Waals surface area contributed by atoms with E-state index in [0.717, 1.165) is 5.06 Å². The Morgan fingerprint density at radius 3 is 2.71 bits per heavy atom. The monoisotopic (exact) mass is 321 g/mol. The van der Waals surface area contributed by atoms with Crippen LogP contribution in [-0.2, 0) is 9.63 Å². The van der Waals surface area contributed by atoms with E-state index in [2.05, 4.69) is 15.9 Å². The van der Waals surface area contributed by atoms with Crippen molar-refractivity contribution in [1.29, 1.82) is 0 Å².